The molecule has 0 aliphatic carbocycles. The second kappa shape index (κ2) is 10.3. The van der Waals surface area contributed by atoms with E-state index in [0.717, 1.165) is 33.2 Å². The van der Waals surface area contributed by atoms with Crippen molar-refractivity contribution in [2.45, 2.75) is 12.8 Å². The fraction of sp³-hybridized carbons (Fsp3) is 0.0645. The fourth-order valence-corrected chi connectivity index (χ4v) is 4.27. The van der Waals surface area contributed by atoms with E-state index in [1.807, 2.05) is 85.8 Å². The number of amides is 2. The molecule has 0 bridgehead atoms. The molecule has 4 N–H and O–H groups in total. The molecule has 0 fully saturated rings. The first-order valence-electron chi connectivity index (χ1n) is 12.0. The van der Waals surface area contributed by atoms with Crippen molar-refractivity contribution in [3.05, 3.63) is 120 Å². The minimum atomic E-state index is -0.511. The monoisotopic (exact) mass is 486 g/mol. The topological polar surface area (TPSA) is 101 Å². The molecule has 6 nitrogen and oxygen atoms in total. The highest BCUT2D eigenvalue weighted by molar-refractivity contribution is 6.24. The summed E-state index contributed by atoms with van der Waals surface area (Å²) >= 11 is 0. The van der Waals surface area contributed by atoms with Crippen LogP contribution in [0.25, 0.3) is 33.8 Å². The van der Waals surface area contributed by atoms with Crippen LogP contribution in [-0.2, 0) is 9.59 Å². The number of anilines is 1. The molecule has 3 aromatic carbocycles. The molecule has 1 atom stereocenters. The van der Waals surface area contributed by atoms with Gasteiger partial charge in [0.05, 0.1) is 5.92 Å². The van der Waals surface area contributed by atoms with Gasteiger partial charge in [-0.3, -0.25) is 9.59 Å². The molecule has 37 heavy (non-hydrogen) atoms. The normalized spacial score (nSPS) is 12.3. The van der Waals surface area contributed by atoms with E-state index in [2.05, 4.69) is 27.4 Å². The van der Waals surface area contributed by atoms with Gasteiger partial charge in [0.15, 0.2) is 0 Å². The van der Waals surface area contributed by atoms with Crippen molar-refractivity contribution in [2.24, 2.45) is 5.73 Å². The van der Waals surface area contributed by atoms with E-state index in [1.165, 1.54) is 0 Å². The predicted octanol–water partition coefficient (Wildman–Crippen LogP) is 6.00. The van der Waals surface area contributed by atoms with Gasteiger partial charge in [0.2, 0.25) is 11.8 Å². The van der Waals surface area contributed by atoms with Crippen molar-refractivity contribution < 1.29 is 9.59 Å². The van der Waals surface area contributed by atoms with Gasteiger partial charge in [-0.05, 0) is 47.4 Å². The highest BCUT2D eigenvalue weighted by Crippen LogP contribution is 2.26. The number of aromatic amines is 1. The summed E-state index contributed by atoms with van der Waals surface area (Å²) < 4.78 is 0. The van der Waals surface area contributed by atoms with Crippen LogP contribution in [0.4, 0.5) is 5.82 Å². The number of carbonyl (C=O) groups excluding carboxylic acids is 2. The summed E-state index contributed by atoms with van der Waals surface area (Å²) in [5.74, 6) is -0.566. The largest absolute Gasteiger partial charge is 0.366 e. The van der Waals surface area contributed by atoms with Crippen molar-refractivity contribution in [3.63, 3.8) is 0 Å². The van der Waals surface area contributed by atoms with E-state index in [-0.39, 0.29) is 11.8 Å². The van der Waals surface area contributed by atoms with Crippen molar-refractivity contribution in [1.82, 2.24) is 9.97 Å². The SMILES string of the molecule is CC(C(=O)Nc1ccc2c(/C=C(/C(N)=O)c3ccccc3)c[nH]c2n1)c1ccc(-c2ccccc2)cc1. The fourth-order valence-electron chi connectivity index (χ4n) is 4.27. The van der Waals surface area contributed by atoms with Gasteiger partial charge in [-0.15, -0.1) is 0 Å². The maximum atomic E-state index is 13.0. The van der Waals surface area contributed by atoms with Crippen LogP contribution < -0.4 is 11.1 Å². The summed E-state index contributed by atoms with van der Waals surface area (Å²) in [5, 5.41) is 3.73. The van der Waals surface area contributed by atoms with Crippen molar-refractivity contribution in [1.29, 1.82) is 0 Å². The number of nitrogens with zero attached hydrogens (tertiary/aromatic N) is 1. The second-order valence-corrected chi connectivity index (χ2v) is 8.82. The minimum absolute atomic E-state index is 0.147. The van der Waals surface area contributed by atoms with Crippen LogP contribution in [0.3, 0.4) is 0 Å². The lowest BCUT2D eigenvalue weighted by Crippen LogP contribution is -2.19. The molecule has 2 heterocycles. The van der Waals surface area contributed by atoms with Crippen molar-refractivity contribution >= 4 is 40.3 Å². The van der Waals surface area contributed by atoms with E-state index >= 15 is 0 Å². The maximum Gasteiger partial charge on any atom is 0.249 e. The van der Waals surface area contributed by atoms with E-state index < -0.39 is 5.91 Å². The third kappa shape index (κ3) is 5.18. The first kappa shape index (κ1) is 23.8. The lowest BCUT2D eigenvalue weighted by atomic mass is 9.97. The van der Waals surface area contributed by atoms with E-state index in [0.29, 0.717) is 17.0 Å². The van der Waals surface area contributed by atoms with Gasteiger partial charge in [0, 0.05) is 22.7 Å². The number of fused-ring (bicyclic) bond motifs is 1. The molecule has 5 aromatic rings. The zero-order chi connectivity index (χ0) is 25.8. The Hall–Kier alpha value is -4.97. The van der Waals surface area contributed by atoms with Crippen LogP contribution in [0.1, 0.15) is 29.5 Å². The Balaban J connectivity index is 1.33. The van der Waals surface area contributed by atoms with Crippen LogP contribution in [0.2, 0.25) is 0 Å². The molecule has 5 rings (SSSR count). The third-order valence-electron chi connectivity index (χ3n) is 6.38. The zero-order valence-electron chi connectivity index (χ0n) is 20.3. The lowest BCUT2D eigenvalue weighted by Gasteiger charge is -2.13. The number of hydrogen-bond donors (Lipinski definition) is 3. The standard InChI is InChI=1S/C31H26N4O2/c1-20(21-12-14-23(15-13-21)22-8-4-2-5-9-22)31(37)35-28-17-16-26-25(19-33-30(26)34-28)18-27(29(32)36)24-10-6-3-7-11-24/h2-20H,1H3,(H2,32,36)(H2,33,34,35,37)/b27-18+. The number of pyridine rings is 1. The predicted molar refractivity (Wildman–Crippen MR) is 149 cm³/mol. The second-order valence-electron chi connectivity index (χ2n) is 8.82. The molecule has 182 valence electrons. The van der Waals surface area contributed by atoms with E-state index in [9.17, 15) is 9.59 Å². The van der Waals surface area contributed by atoms with Crippen molar-refractivity contribution in [2.75, 3.05) is 5.32 Å². The van der Waals surface area contributed by atoms with Gasteiger partial charge in [-0.25, -0.2) is 4.98 Å². The maximum absolute atomic E-state index is 13.0. The number of primary amides is 1. The number of hydrogen-bond acceptors (Lipinski definition) is 3. The van der Waals surface area contributed by atoms with Gasteiger partial charge in [-0.1, -0.05) is 84.9 Å². The molecule has 0 spiro atoms. The number of benzene rings is 3. The number of rotatable bonds is 7. The Morgan fingerprint density at radius 2 is 1.51 bits per heavy atom. The van der Waals surface area contributed by atoms with Gasteiger partial charge in [0.25, 0.3) is 0 Å². The highest BCUT2D eigenvalue weighted by atomic mass is 16.2. The van der Waals surface area contributed by atoms with E-state index in [4.69, 9.17) is 5.73 Å². The molecule has 1 unspecified atom stereocenters. The Labute approximate surface area is 214 Å². The average molecular weight is 487 g/mol. The van der Waals surface area contributed by atoms with Crippen LogP contribution in [0.15, 0.2) is 103 Å². The summed E-state index contributed by atoms with van der Waals surface area (Å²) in [7, 11) is 0. The molecule has 2 aromatic heterocycles. The lowest BCUT2D eigenvalue weighted by molar-refractivity contribution is -0.117. The summed E-state index contributed by atoms with van der Waals surface area (Å²) in [5.41, 5.74) is 11.3. The Morgan fingerprint density at radius 3 is 2.19 bits per heavy atom. The molecule has 0 aliphatic rings. The van der Waals surface area contributed by atoms with Gasteiger partial charge in [0.1, 0.15) is 11.5 Å². The number of H-pyrrole nitrogens is 1. The highest BCUT2D eigenvalue weighted by Gasteiger charge is 2.17. The minimum Gasteiger partial charge on any atom is -0.366 e. The van der Waals surface area contributed by atoms with Crippen LogP contribution in [0.5, 0.6) is 0 Å². The van der Waals surface area contributed by atoms with Crippen LogP contribution in [-0.4, -0.2) is 21.8 Å². The Bertz CT molecular complexity index is 1590. The van der Waals surface area contributed by atoms with Crippen LogP contribution >= 0.6 is 0 Å². The average Bonchev–Trinajstić information content (AvgIpc) is 3.34. The molecular weight excluding hydrogens is 460 g/mol. The van der Waals surface area contributed by atoms with Gasteiger partial charge < -0.3 is 16.0 Å². The first-order valence-corrected chi connectivity index (χ1v) is 12.0. The molecule has 0 saturated heterocycles. The number of nitrogens with one attached hydrogen (secondary N) is 2. The molecular formula is C31H26N4O2. The first-order chi connectivity index (χ1) is 18.0. The number of carbonyl (C=O) groups is 2. The Morgan fingerprint density at radius 1 is 0.865 bits per heavy atom. The summed E-state index contributed by atoms with van der Waals surface area (Å²) in [6, 6.07) is 31.0. The molecule has 6 heteroatoms. The summed E-state index contributed by atoms with van der Waals surface area (Å²) in [6.07, 6.45) is 3.52. The smallest absolute Gasteiger partial charge is 0.249 e. The van der Waals surface area contributed by atoms with Crippen molar-refractivity contribution in [3.8, 4) is 11.1 Å². The van der Waals surface area contributed by atoms with E-state index in [1.54, 1.807) is 18.3 Å². The Kier molecular flexibility index (Phi) is 6.64. The molecule has 2 amide bonds. The number of aromatic nitrogens is 2. The summed E-state index contributed by atoms with van der Waals surface area (Å²) in [4.78, 5) is 32.7. The molecule has 0 saturated carbocycles. The number of nitrogens with two attached hydrogens (primary N) is 1. The van der Waals surface area contributed by atoms with Gasteiger partial charge in [-0.2, -0.15) is 0 Å². The summed E-state index contributed by atoms with van der Waals surface area (Å²) in [6.45, 7) is 1.87. The van der Waals surface area contributed by atoms with Crippen LogP contribution in [0, 0.1) is 0 Å². The molecule has 0 aliphatic heterocycles. The third-order valence-corrected chi connectivity index (χ3v) is 6.38. The quantitative estimate of drug-likeness (QED) is 0.246. The van der Waals surface area contributed by atoms with Gasteiger partial charge >= 0.3 is 0 Å². The zero-order valence-corrected chi connectivity index (χ0v) is 20.3. The molecule has 0 radical (unpaired) electrons.